The Morgan fingerprint density at radius 2 is 2.04 bits per heavy atom. The summed E-state index contributed by atoms with van der Waals surface area (Å²) in [7, 11) is 3.84. The van der Waals surface area contributed by atoms with Gasteiger partial charge in [0.25, 0.3) is 0 Å². The zero-order valence-electron chi connectivity index (χ0n) is 14.8. The maximum atomic E-state index is 6.02. The molecule has 0 saturated carbocycles. The summed E-state index contributed by atoms with van der Waals surface area (Å²) in [6.07, 6.45) is 0. The van der Waals surface area contributed by atoms with Gasteiger partial charge in [-0.3, -0.25) is 4.57 Å². The number of ether oxygens (including phenoxy) is 1. The maximum absolute atomic E-state index is 6.02. The van der Waals surface area contributed by atoms with E-state index in [1.54, 1.807) is 18.4 Å². The predicted octanol–water partition coefficient (Wildman–Crippen LogP) is 3.11. The molecule has 138 valence electrons. The third kappa shape index (κ3) is 4.61. The van der Waals surface area contributed by atoms with E-state index in [1.165, 1.54) is 9.78 Å². The van der Waals surface area contributed by atoms with Crippen molar-refractivity contribution in [3.63, 3.8) is 0 Å². The fourth-order valence-corrected chi connectivity index (χ4v) is 3.99. The largest absolute Gasteiger partial charge is 0.383 e. The fraction of sp³-hybridized carbons (Fsp3) is 0.333. The maximum Gasteiger partial charge on any atom is 0.203 e. The average Bonchev–Trinajstić information content (AvgIpc) is 3.23. The first kappa shape index (κ1) is 19.3. The third-order valence-electron chi connectivity index (χ3n) is 4.02. The number of aromatic nitrogens is 3. The van der Waals surface area contributed by atoms with Crippen molar-refractivity contribution >= 4 is 35.2 Å². The van der Waals surface area contributed by atoms with Crippen LogP contribution in [0.3, 0.4) is 0 Å². The first-order chi connectivity index (χ1) is 12.6. The molecule has 0 spiro atoms. The van der Waals surface area contributed by atoms with Gasteiger partial charge >= 0.3 is 0 Å². The van der Waals surface area contributed by atoms with Crippen LogP contribution in [0.5, 0.6) is 0 Å². The molecule has 1 atom stereocenters. The number of nitrogens with one attached hydrogen (secondary N) is 1. The van der Waals surface area contributed by atoms with Crippen molar-refractivity contribution in [3.8, 4) is 11.4 Å². The SMILES string of the molecule is COCCn1c(-c2ccc(Cl)cc2)nn(C[NH+](C)Cc2cccs2)c1=S. The van der Waals surface area contributed by atoms with Crippen LogP contribution in [-0.4, -0.2) is 35.1 Å². The molecule has 3 rings (SSSR count). The number of nitrogens with zero attached hydrogens (tertiary/aromatic N) is 3. The highest BCUT2D eigenvalue weighted by Crippen LogP contribution is 2.20. The lowest BCUT2D eigenvalue weighted by Gasteiger charge is -2.12. The van der Waals surface area contributed by atoms with Gasteiger partial charge in [-0.25, -0.2) is 0 Å². The quantitative estimate of drug-likeness (QED) is 0.581. The minimum atomic E-state index is 0.582. The molecule has 0 radical (unpaired) electrons. The Balaban J connectivity index is 1.88. The number of rotatable bonds is 8. The van der Waals surface area contributed by atoms with Gasteiger partial charge in [0.1, 0.15) is 6.54 Å². The van der Waals surface area contributed by atoms with Crippen LogP contribution in [-0.2, 0) is 24.5 Å². The fourth-order valence-electron chi connectivity index (χ4n) is 2.76. The number of methoxy groups -OCH3 is 1. The van der Waals surface area contributed by atoms with Crippen molar-refractivity contribution in [3.05, 3.63) is 56.4 Å². The molecule has 0 fully saturated rings. The zero-order valence-corrected chi connectivity index (χ0v) is 17.2. The molecule has 8 heteroatoms. The molecule has 0 aliphatic heterocycles. The molecule has 0 saturated heterocycles. The van der Waals surface area contributed by atoms with Crippen molar-refractivity contribution in [2.24, 2.45) is 0 Å². The van der Waals surface area contributed by atoms with Crippen LogP contribution in [0.15, 0.2) is 41.8 Å². The summed E-state index contributed by atoms with van der Waals surface area (Å²) in [5, 5.41) is 7.60. The van der Waals surface area contributed by atoms with E-state index in [2.05, 4.69) is 24.6 Å². The number of thiophene rings is 1. The van der Waals surface area contributed by atoms with E-state index in [1.807, 2.05) is 33.5 Å². The van der Waals surface area contributed by atoms with Crippen LogP contribution in [0.1, 0.15) is 4.88 Å². The first-order valence-corrected chi connectivity index (χ1v) is 10.0. The van der Waals surface area contributed by atoms with Gasteiger partial charge in [0, 0.05) is 17.7 Å². The molecule has 5 nitrogen and oxygen atoms in total. The lowest BCUT2D eigenvalue weighted by atomic mass is 10.2. The Morgan fingerprint density at radius 3 is 2.69 bits per heavy atom. The van der Waals surface area contributed by atoms with Crippen molar-refractivity contribution in [2.45, 2.75) is 19.8 Å². The second-order valence-corrected chi connectivity index (χ2v) is 7.96. The number of halogens is 1. The molecule has 3 aromatic rings. The van der Waals surface area contributed by atoms with E-state index >= 15 is 0 Å². The van der Waals surface area contributed by atoms with Gasteiger partial charge in [-0.05, 0) is 47.9 Å². The lowest BCUT2D eigenvalue weighted by molar-refractivity contribution is -0.917. The average molecular weight is 410 g/mol. The Morgan fingerprint density at radius 1 is 1.27 bits per heavy atom. The number of hydrogen-bond donors (Lipinski definition) is 1. The van der Waals surface area contributed by atoms with E-state index in [0.29, 0.717) is 29.6 Å². The van der Waals surface area contributed by atoms with E-state index < -0.39 is 0 Å². The van der Waals surface area contributed by atoms with Gasteiger partial charge < -0.3 is 9.64 Å². The van der Waals surface area contributed by atoms with E-state index in [9.17, 15) is 0 Å². The Hall–Kier alpha value is -1.51. The number of benzene rings is 1. The summed E-state index contributed by atoms with van der Waals surface area (Å²) in [4.78, 5) is 2.67. The number of hydrogen-bond acceptors (Lipinski definition) is 4. The molecule has 2 aromatic heterocycles. The monoisotopic (exact) mass is 409 g/mol. The summed E-state index contributed by atoms with van der Waals surface area (Å²) < 4.78 is 9.88. The highest BCUT2D eigenvalue weighted by molar-refractivity contribution is 7.71. The van der Waals surface area contributed by atoms with E-state index in [4.69, 9.17) is 33.7 Å². The minimum Gasteiger partial charge on any atom is -0.383 e. The van der Waals surface area contributed by atoms with Gasteiger partial charge in [-0.15, -0.1) is 16.4 Å². The molecule has 1 aromatic carbocycles. The lowest BCUT2D eigenvalue weighted by Crippen LogP contribution is -3.06. The predicted molar refractivity (Wildman–Crippen MR) is 108 cm³/mol. The van der Waals surface area contributed by atoms with Crippen LogP contribution in [0.2, 0.25) is 5.02 Å². The van der Waals surface area contributed by atoms with Gasteiger partial charge in [0.05, 0.1) is 25.1 Å². The van der Waals surface area contributed by atoms with Gasteiger partial charge in [0.2, 0.25) is 4.77 Å². The molecule has 0 amide bonds. The Bertz CT molecular complexity index is 887. The highest BCUT2D eigenvalue weighted by Gasteiger charge is 2.15. The van der Waals surface area contributed by atoms with E-state index in [0.717, 1.165) is 17.9 Å². The van der Waals surface area contributed by atoms with Crippen molar-refractivity contribution in [1.82, 2.24) is 14.3 Å². The normalized spacial score (nSPS) is 12.4. The van der Waals surface area contributed by atoms with Crippen molar-refractivity contribution < 1.29 is 9.64 Å². The van der Waals surface area contributed by atoms with Crippen molar-refractivity contribution in [2.75, 3.05) is 20.8 Å². The van der Waals surface area contributed by atoms with Crippen LogP contribution >= 0.6 is 35.2 Å². The summed E-state index contributed by atoms with van der Waals surface area (Å²) in [5.41, 5.74) is 0.992. The van der Waals surface area contributed by atoms with Gasteiger partial charge in [-0.2, -0.15) is 4.68 Å². The molecule has 0 aliphatic carbocycles. The second kappa shape index (κ2) is 8.92. The van der Waals surface area contributed by atoms with Crippen LogP contribution in [0.4, 0.5) is 0 Å². The highest BCUT2D eigenvalue weighted by atomic mass is 35.5. The molecule has 0 bridgehead atoms. The summed E-state index contributed by atoms with van der Waals surface area (Å²) in [6, 6.07) is 11.9. The molecule has 0 aliphatic rings. The summed E-state index contributed by atoms with van der Waals surface area (Å²) >= 11 is 13.5. The Labute approximate surface area is 167 Å². The van der Waals surface area contributed by atoms with Gasteiger partial charge in [-0.1, -0.05) is 17.7 Å². The molecule has 1 unspecified atom stereocenters. The van der Waals surface area contributed by atoms with Crippen LogP contribution < -0.4 is 4.90 Å². The topological polar surface area (TPSA) is 36.4 Å². The van der Waals surface area contributed by atoms with Gasteiger partial charge in [0.15, 0.2) is 12.5 Å². The van der Waals surface area contributed by atoms with Crippen LogP contribution in [0, 0.1) is 4.77 Å². The first-order valence-electron chi connectivity index (χ1n) is 8.34. The third-order valence-corrected chi connectivity index (χ3v) is 5.58. The molecule has 2 heterocycles. The smallest absolute Gasteiger partial charge is 0.203 e. The molecule has 1 N–H and O–H groups in total. The minimum absolute atomic E-state index is 0.582. The molecule has 26 heavy (non-hydrogen) atoms. The Kier molecular flexibility index (Phi) is 6.61. The summed E-state index contributed by atoms with van der Waals surface area (Å²) in [5.74, 6) is 0.840. The zero-order chi connectivity index (χ0) is 18.5. The van der Waals surface area contributed by atoms with Crippen molar-refractivity contribution in [1.29, 1.82) is 0 Å². The second-order valence-electron chi connectivity index (χ2n) is 6.13. The number of quaternary nitrogens is 1. The van der Waals surface area contributed by atoms with Crippen LogP contribution in [0.25, 0.3) is 11.4 Å². The summed E-state index contributed by atoms with van der Waals surface area (Å²) in [6.45, 7) is 2.90. The molecular formula is C18H22ClN4OS2+. The van der Waals surface area contributed by atoms with E-state index in [-0.39, 0.29) is 0 Å². The molecular weight excluding hydrogens is 388 g/mol. The standard InChI is InChI=1S/C18H21ClN4OS2/c1-21(12-16-4-3-11-26-16)13-23-18(25)22(9-10-24-2)17(20-23)14-5-7-15(19)8-6-14/h3-8,11H,9-10,12-13H2,1-2H3/p+1.